The van der Waals surface area contributed by atoms with E-state index >= 15 is 0 Å². The molecule has 0 aliphatic rings. The van der Waals surface area contributed by atoms with Gasteiger partial charge in [-0.1, -0.05) is 20.3 Å². The molecule has 0 radical (unpaired) electrons. The fourth-order valence-electron chi connectivity index (χ4n) is 1.88. The molecule has 0 bridgehead atoms. The molecule has 1 rings (SSSR count). The largest absolute Gasteiger partial charge is 0.454 e. The number of amides is 1. The molecular formula is C13H22N2O2. The number of hydrogen-bond donors (Lipinski definition) is 1. The molecule has 2 N–H and O–H groups in total. The number of unbranched alkanes of at least 4 members (excludes halogenated alkanes) is 1. The SMILES string of the molecule is CCCCN(CC)C(C)c1ccc(C(N)=O)o1. The minimum Gasteiger partial charge on any atom is -0.454 e. The number of carbonyl (C=O) groups is 1. The predicted octanol–water partition coefficient (Wildman–Crippen LogP) is 2.56. The van der Waals surface area contributed by atoms with Crippen molar-refractivity contribution in [2.24, 2.45) is 5.73 Å². The van der Waals surface area contributed by atoms with Gasteiger partial charge < -0.3 is 10.2 Å². The Morgan fingerprint density at radius 2 is 2.18 bits per heavy atom. The third-order valence-corrected chi connectivity index (χ3v) is 3.03. The first kappa shape index (κ1) is 13.8. The summed E-state index contributed by atoms with van der Waals surface area (Å²) in [4.78, 5) is 13.3. The summed E-state index contributed by atoms with van der Waals surface area (Å²) in [5, 5.41) is 0. The molecule has 0 fully saturated rings. The van der Waals surface area contributed by atoms with Crippen LogP contribution < -0.4 is 5.73 Å². The maximum atomic E-state index is 11.0. The van der Waals surface area contributed by atoms with Crippen LogP contribution in [0.4, 0.5) is 0 Å². The van der Waals surface area contributed by atoms with Gasteiger partial charge in [-0.05, 0) is 38.6 Å². The van der Waals surface area contributed by atoms with E-state index in [1.165, 1.54) is 12.8 Å². The summed E-state index contributed by atoms with van der Waals surface area (Å²) in [5.74, 6) is 0.523. The summed E-state index contributed by atoms with van der Waals surface area (Å²) in [5.41, 5.74) is 5.17. The van der Waals surface area contributed by atoms with Crippen LogP contribution in [0.3, 0.4) is 0 Å². The standard InChI is InChI=1S/C13H22N2O2/c1-4-6-9-15(5-2)10(3)11-7-8-12(17-11)13(14)16/h7-8,10H,4-6,9H2,1-3H3,(H2,14,16). The van der Waals surface area contributed by atoms with Crippen molar-refractivity contribution in [1.29, 1.82) is 0 Å². The van der Waals surface area contributed by atoms with Crippen LogP contribution >= 0.6 is 0 Å². The molecule has 17 heavy (non-hydrogen) atoms. The van der Waals surface area contributed by atoms with Gasteiger partial charge >= 0.3 is 0 Å². The molecule has 0 aliphatic heterocycles. The second-order valence-corrected chi connectivity index (χ2v) is 4.22. The quantitative estimate of drug-likeness (QED) is 0.794. The molecule has 1 aromatic rings. The molecule has 96 valence electrons. The van der Waals surface area contributed by atoms with Crippen molar-refractivity contribution in [1.82, 2.24) is 4.90 Å². The topological polar surface area (TPSA) is 59.5 Å². The Hall–Kier alpha value is -1.29. The molecule has 0 spiro atoms. The van der Waals surface area contributed by atoms with Gasteiger partial charge in [0.2, 0.25) is 0 Å². The molecule has 1 unspecified atom stereocenters. The number of furan rings is 1. The Morgan fingerprint density at radius 1 is 1.47 bits per heavy atom. The third kappa shape index (κ3) is 3.60. The molecule has 0 aliphatic carbocycles. The molecule has 0 aromatic carbocycles. The van der Waals surface area contributed by atoms with Crippen molar-refractivity contribution in [3.63, 3.8) is 0 Å². The van der Waals surface area contributed by atoms with Gasteiger partial charge in [0.15, 0.2) is 5.76 Å². The zero-order valence-electron chi connectivity index (χ0n) is 10.9. The highest BCUT2D eigenvalue weighted by molar-refractivity contribution is 5.89. The van der Waals surface area contributed by atoms with Gasteiger partial charge in [0.25, 0.3) is 5.91 Å². The van der Waals surface area contributed by atoms with Gasteiger partial charge in [0.1, 0.15) is 5.76 Å². The Labute approximate surface area is 103 Å². The smallest absolute Gasteiger partial charge is 0.284 e. The van der Waals surface area contributed by atoms with Gasteiger partial charge in [-0.15, -0.1) is 0 Å². The van der Waals surface area contributed by atoms with Crippen molar-refractivity contribution < 1.29 is 9.21 Å². The number of primary amides is 1. The number of rotatable bonds is 7. The normalized spacial score (nSPS) is 12.9. The zero-order chi connectivity index (χ0) is 12.8. The van der Waals surface area contributed by atoms with E-state index < -0.39 is 5.91 Å². The van der Waals surface area contributed by atoms with Gasteiger partial charge in [-0.2, -0.15) is 0 Å². The van der Waals surface area contributed by atoms with E-state index in [4.69, 9.17) is 10.2 Å². The van der Waals surface area contributed by atoms with Crippen LogP contribution in [-0.4, -0.2) is 23.9 Å². The van der Waals surface area contributed by atoms with Crippen LogP contribution in [0.25, 0.3) is 0 Å². The van der Waals surface area contributed by atoms with Crippen LogP contribution in [0.1, 0.15) is 56.0 Å². The van der Waals surface area contributed by atoms with E-state index in [2.05, 4.69) is 25.7 Å². The van der Waals surface area contributed by atoms with Crippen LogP contribution in [0.15, 0.2) is 16.5 Å². The summed E-state index contributed by atoms with van der Waals surface area (Å²) in [6.45, 7) is 8.40. The Balaban J connectivity index is 2.71. The van der Waals surface area contributed by atoms with Crippen LogP contribution in [0.5, 0.6) is 0 Å². The first-order valence-corrected chi connectivity index (χ1v) is 6.23. The fourth-order valence-corrected chi connectivity index (χ4v) is 1.88. The molecule has 4 heteroatoms. The van der Waals surface area contributed by atoms with Crippen LogP contribution in [0, 0.1) is 0 Å². The lowest BCUT2D eigenvalue weighted by molar-refractivity contribution is 0.0967. The van der Waals surface area contributed by atoms with Gasteiger partial charge in [0, 0.05) is 0 Å². The molecule has 1 heterocycles. The highest BCUT2D eigenvalue weighted by Crippen LogP contribution is 2.22. The Morgan fingerprint density at radius 3 is 2.65 bits per heavy atom. The van der Waals surface area contributed by atoms with Crippen LogP contribution in [0.2, 0.25) is 0 Å². The second-order valence-electron chi connectivity index (χ2n) is 4.22. The zero-order valence-corrected chi connectivity index (χ0v) is 10.9. The average Bonchev–Trinajstić information content (AvgIpc) is 2.79. The van der Waals surface area contributed by atoms with E-state index in [-0.39, 0.29) is 11.8 Å². The third-order valence-electron chi connectivity index (χ3n) is 3.03. The molecule has 0 saturated carbocycles. The second kappa shape index (κ2) is 6.45. The maximum absolute atomic E-state index is 11.0. The first-order chi connectivity index (χ1) is 8.10. The number of hydrogen-bond acceptors (Lipinski definition) is 3. The lowest BCUT2D eigenvalue weighted by Gasteiger charge is -2.26. The maximum Gasteiger partial charge on any atom is 0.284 e. The van der Waals surface area contributed by atoms with E-state index in [0.29, 0.717) is 0 Å². The average molecular weight is 238 g/mol. The van der Waals surface area contributed by atoms with E-state index in [1.807, 2.05) is 6.07 Å². The minimum atomic E-state index is -0.514. The molecular weight excluding hydrogens is 216 g/mol. The lowest BCUT2D eigenvalue weighted by Crippen LogP contribution is -2.27. The Bertz CT molecular complexity index is 360. The van der Waals surface area contributed by atoms with Gasteiger partial charge in [0.05, 0.1) is 6.04 Å². The molecule has 0 saturated heterocycles. The number of nitrogens with zero attached hydrogens (tertiary/aromatic N) is 1. The lowest BCUT2D eigenvalue weighted by atomic mass is 10.2. The van der Waals surface area contributed by atoms with Crippen molar-refractivity contribution in [2.75, 3.05) is 13.1 Å². The molecule has 1 aromatic heterocycles. The highest BCUT2D eigenvalue weighted by Gasteiger charge is 2.18. The van der Waals surface area contributed by atoms with E-state index in [0.717, 1.165) is 18.8 Å². The van der Waals surface area contributed by atoms with Crippen molar-refractivity contribution in [3.05, 3.63) is 23.7 Å². The summed E-state index contributed by atoms with van der Waals surface area (Å²) < 4.78 is 5.45. The first-order valence-electron chi connectivity index (χ1n) is 6.23. The summed E-state index contributed by atoms with van der Waals surface area (Å²) in [7, 11) is 0. The highest BCUT2D eigenvalue weighted by atomic mass is 16.4. The monoisotopic (exact) mass is 238 g/mol. The molecule has 1 atom stereocenters. The summed E-state index contributed by atoms with van der Waals surface area (Å²) in [6.07, 6.45) is 2.34. The van der Waals surface area contributed by atoms with E-state index in [9.17, 15) is 4.79 Å². The van der Waals surface area contributed by atoms with Crippen LogP contribution in [-0.2, 0) is 0 Å². The summed E-state index contributed by atoms with van der Waals surface area (Å²) in [6, 6.07) is 3.65. The summed E-state index contributed by atoms with van der Waals surface area (Å²) >= 11 is 0. The number of carbonyl (C=O) groups excluding carboxylic acids is 1. The van der Waals surface area contributed by atoms with Gasteiger partial charge in [-0.25, -0.2) is 0 Å². The van der Waals surface area contributed by atoms with Crippen molar-refractivity contribution >= 4 is 5.91 Å². The Kier molecular flexibility index (Phi) is 5.22. The fraction of sp³-hybridized carbons (Fsp3) is 0.615. The van der Waals surface area contributed by atoms with Gasteiger partial charge in [-0.3, -0.25) is 9.69 Å². The molecule has 1 amide bonds. The van der Waals surface area contributed by atoms with E-state index in [1.54, 1.807) is 6.07 Å². The van der Waals surface area contributed by atoms with Crippen molar-refractivity contribution in [3.8, 4) is 0 Å². The van der Waals surface area contributed by atoms with Crippen molar-refractivity contribution in [2.45, 2.75) is 39.7 Å². The minimum absolute atomic E-state index is 0.180. The number of nitrogens with two attached hydrogens (primary N) is 1. The molecule has 4 nitrogen and oxygen atoms in total. The predicted molar refractivity (Wildman–Crippen MR) is 67.8 cm³/mol.